The monoisotopic (exact) mass is 346 g/mol. The summed E-state index contributed by atoms with van der Waals surface area (Å²) in [5.41, 5.74) is 1.77. The summed E-state index contributed by atoms with van der Waals surface area (Å²) in [6.45, 7) is 5.93. The summed E-state index contributed by atoms with van der Waals surface area (Å²) in [6.07, 6.45) is 0.833. The highest BCUT2D eigenvalue weighted by molar-refractivity contribution is 5.98. The van der Waals surface area contributed by atoms with E-state index in [0.717, 1.165) is 24.2 Å². The zero-order valence-corrected chi connectivity index (χ0v) is 16.0. The lowest BCUT2D eigenvalue weighted by Crippen LogP contribution is -2.53. The van der Waals surface area contributed by atoms with Gasteiger partial charge in [-0.15, -0.1) is 0 Å². The Morgan fingerprint density at radius 2 is 1.96 bits per heavy atom. The molecule has 0 saturated heterocycles. The van der Waals surface area contributed by atoms with Crippen molar-refractivity contribution < 1.29 is 9.59 Å². The molecule has 1 N–H and O–H groups in total. The Balaban J connectivity index is 2.31. The normalized spacial score (nSPS) is 18.4. The van der Waals surface area contributed by atoms with Gasteiger partial charge in [0.25, 0.3) is 0 Å². The summed E-state index contributed by atoms with van der Waals surface area (Å²) >= 11 is 0. The number of nitrogens with zero attached hydrogens (tertiary/aromatic N) is 3. The van der Waals surface area contributed by atoms with Crippen molar-refractivity contribution in [2.24, 2.45) is 5.92 Å². The first kappa shape index (κ1) is 19.2. The van der Waals surface area contributed by atoms with Gasteiger partial charge in [-0.05, 0) is 31.6 Å². The molecule has 0 radical (unpaired) electrons. The van der Waals surface area contributed by atoms with Crippen LogP contribution in [0.4, 0.5) is 10.5 Å². The Morgan fingerprint density at radius 3 is 2.60 bits per heavy atom. The van der Waals surface area contributed by atoms with Crippen LogP contribution in [0.25, 0.3) is 0 Å². The van der Waals surface area contributed by atoms with Crippen molar-refractivity contribution in [1.29, 1.82) is 0 Å². The Hall–Kier alpha value is -2.08. The van der Waals surface area contributed by atoms with Crippen LogP contribution in [-0.4, -0.2) is 66.9 Å². The molecule has 1 aliphatic heterocycles. The Morgan fingerprint density at radius 1 is 1.28 bits per heavy atom. The van der Waals surface area contributed by atoms with Crippen molar-refractivity contribution in [2.45, 2.75) is 32.9 Å². The third-order valence-electron chi connectivity index (χ3n) is 4.86. The number of hydrogen-bond donors (Lipinski definition) is 1. The van der Waals surface area contributed by atoms with Crippen LogP contribution >= 0.6 is 0 Å². The summed E-state index contributed by atoms with van der Waals surface area (Å²) in [4.78, 5) is 31.4. The van der Waals surface area contributed by atoms with E-state index in [1.807, 2.05) is 57.1 Å². The largest absolute Gasteiger partial charge is 0.326 e. The number of rotatable bonds is 5. The van der Waals surface area contributed by atoms with Crippen LogP contribution in [0.2, 0.25) is 0 Å². The SMILES string of the molecule is CC[C@H](C)C1C(=O)Nc2ccccc2CN1C(=O)N(C)CCN(C)C. The van der Waals surface area contributed by atoms with Crippen LogP contribution in [0, 0.1) is 5.92 Å². The molecular formula is C19H30N4O2. The van der Waals surface area contributed by atoms with Crippen molar-refractivity contribution in [3.05, 3.63) is 29.8 Å². The minimum absolute atomic E-state index is 0.0838. The number of likely N-dealkylation sites (N-methyl/N-ethyl adjacent to an activating group) is 2. The van der Waals surface area contributed by atoms with Crippen LogP contribution in [-0.2, 0) is 11.3 Å². The number of hydrogen-bond acceptors (Lipinski definition) is 3. The van der Waals surface area contributed by atoms with Gasteiger partial charge < -0.3 is 20.0 Å². The molecule has 1 aliphatic rings. The van der Waals surface area contributed by atoms with E-state index >= 15 is 0 Å². The van der Waals surface area contributed by atoms with Gasteiger partial charge in [-0.25, -0.2) is 4.79 Å². The van der Waals surface area contributed by atoms with Gasteiger partial charge in [0.15, 0.2) is 0 Å². The Kier molecular flexibility index (Phi) is 6.42. The summed E-state index contributed by atoms with van der Waals surface area (Å²) < 4.78 is 0. The molecule has 25 heavy (non-hydrogen) atoms. The Labute approximate surface area is 150 Å². The van der Waals surface area contributed by atoms with Gasteiger partial charge in [0.05, 0.1) is 6.54 Å². The average Bonchev–Trinajstić information content (AvgIpc) is 2.73. The van der Waals surface area contributed by atoms with Gasteiger partial charge in [0, 0.05) is 25.8 Å². The minimum Gasteiger partial charge on any atom is -0.326 e. The summed E-state index contributed by atoms with van der Waals surface area (Å²) in [5, 5.41) is 3.00. The lowest BCUT2D eigenvalue weighted by molar-refractivity contribution is -0.122. The van der Waals surface area contributed by atoms with Crippen LogP contribution < -0.4 is 5.32 Å². The van der Waals surface area contributed by atoms with Crippen LogP contribution in [0.15, 0.2) is 24.3 Å². The molecule has 2 rings (SSSR count). The fourth-order valence-corrected chi connectivity index (χ4v) is 3.05. The molecule has 138 valence electrons. The lowest BCUT2D eigenvalue weighted by Gasteiger charge is -2.35. The second kappa shape index (κ2) is 8.34. The first-order valence-corrected chi connectivity index (χ1v) is 8.90. The van der Waals surface area contributed by atoms with Crippen LogP contribution in [0.5, 0.6) is 0 Å². The summed E-state index contributed by atoms with van der Waals surface area (Å²) in [7, 11) is 5.76. The molecule has 2 atom stereocenters. The maximum Gasteiger partial charge on any atom is 0.320 e. The zero-order chi connectivity index (χ0) is 18.6. The fourth-order valence-electron chi connectivity index (χ4n) is 3.05. The molecule has 1 aromatic rings. The average molecular weight is 346 g/mol. The predicted octanol–water partition coefficient (Wildman–Crippen LogP) is 2.47. The first-order valence-electron chi connectivity index (χ1n) is 8.90. The summed E-state index contributed by atoms with van der Waals surface area (Å²) in [5.74, 6) is -0.0193. The lowest BCUT2D eigenvalue weighted by atomic mass is 9.97. The van der Waals surface area contributed by atoms with Gasteiger partial charge in [-0.2, -0.15) is 0 Å². The second-order valence-electron chi connectivity index (χ2n) is 7.11. The molecule has 0 aliphatic carbocycles. The number of fused-ring (bicyclic) bond motifs is 1. The van der Waals surface area contributed by atoms with Crippen molar-refractivity contribution >= 4 is 17.6 Å². The topological polar surface area (TPSA) is 55.9 Å². The van der Waals surface area contributed by atoms with E-state index in [4.69, 9.17) is 0 Å². The van der Waals surface area contributed by atoms with Crippen molar-refractivity contribution in [2.75, 3.05) is 39.5 Å². The molecule has 1 unspecified atom stereocenters. The molecular weight excluding hydrogens is 316 g/mol. The first-order chi connectivity index (χ1) is 11.8. The molecule has 6 heteroatoms. The minimum atomic E-state index is -0.466. The smallest absolute Gasteiger partial charge is 0.320 e. The molecule has 1 heterocycles. The highest BCUT2D eigenvalue weighted by Gasteiger charge is 2.37. The van der Waals surface area contributed by atoms with Crippen LogP contribution in [0.3, 0.4) is 0 Å². The molecule has 0 saturated carbocycles. The third kappa shape index (κ3) is 4.51. The van der Waals surface area contributed by atoms with Crippen molar-refractivity contribution in [3.63, 3.8) is 0 Å². The molecule has 0 aromatic heterocycles. The van der Waals surface area contributed by atoms with Crippen molar-refractivity contribution in [1.82, 2.24) is 14.7 Å². The van der Waals surface area contributed by atoms with E-state index < -0.39 is 6.04 Å². The predicted molar refractivity (Wildman–Crippen MR) is 100 cm³/mol. The number of carbonyl (C=O) groups is 2. The standard InChI is InChI=1S/C19H30N4O2/c1-6-14(2)17-18(24)20-16-10-8-7-9-15(16)13-23(17)19(25)22(5)12-11-21(3)4/h7-10,14,17H,6,11-13H2,1-5H3,(H,20,24)/t14-,17?/m0/s1. The van der Waals surface area contributed by atoms with Gasteiger partial charge in [0.2, 0.25) is 5.91 Å². The quantitative estimate of drug-likeness (QED) is 0.891. The number of urea groups is 1. The van der Waals surface area contributed by atoms with Gasteiger partial charge in [-0.1, -0.05) is 38.5 Å². The maximum atomic E-state index is 13.1. The molecule has 3 amide bonds. The van der Waals surface area contributed by atoms with Gasteiger partial charge >= 0.3 is 6.03 Å². The number of amides is 3. The van der Waals surface area contributed by atoms with E-state index in [-0.39, 0.29) is 17.9 Å². The molecule has 6 nitrogen and oxygen atoms in total. The highest BCUT2D eigenvalue weighted by Crippen LogP contribution is 2.27. The molecule has 0 fully saturated rings. The number of nitrogens with one attached hydrogen (secondary N) is 1. The molecule has 0 spiro atoms. The zero-order valence-electron chi connectivity index (χ0n) is 16.0. The van der Waals surface area contributed by atoms with E-state index in [0.29, 0.717) is 13.1 Å². The van der Waals surface area contributed by atoms with E-state index in [2.05, 4.69) is 5.32 Å². The van der Waals surface area contributed by atoms with E-state index in [1.54, 1.807) is 16.8 Å². The van der Waals surface area contributed by atoms with E-state index in [1.165, 1.54) is 0 Å². The molecule has 1 aromatic carbocycles. The highest BCUT2D eigenvalue weighted by atomic mass is 16.2. The van der Waals surface area contributed by atoms with Gasteiger partial charge in [0.1, 0.15) is 6.04 Å². The number of carbonyl (C=O) groups excluding carboxylic acids is 2. The van der Waals surface area contributed by atoms with Gasteiger partial charge in [-0.3, -0.25) is 4.79 Å². The van der Waals surface area contributed by atoms with Crippen molar-refractivity contribution in [3.8, 4) is 0 Å². The van der Waals surface area contributed by atoms with E-state index in [9.17, 15) is 9.59 Å². The number of anilines is 1. The Bertz CT molecular complexity index is 617. The molecule has 0 bridgehead atoms. The second-order valence-corrected chi connectivity index (χ2v) is 7.11. The number of para-hydroxylation sites is 1. The summed E-state index contributed by atoms with van der Waals surface area (Å²) in [6, 6.07) is 7.13. The fraction of sp³-hybridized carbons (Fsp3) is 0.579. The third-order valence-corrected chi connectivity index (χ3v) is 4.86. The van der Waals surface area contributed by atoms with Crippen LogP contribution in [0.1, 0.15) is 25.8 Å². The maximum absolute atomic E-state index is 13.1. The number of benzene rings is 1.